The largest absolute Gasteiger partial charge is 0.502 e. The molecule has 54 valence electrons. The van der Waals surface area contributed by atoms with Gasteiger partial charge >= 0.3 is 0 Å². The van der Waals surface area contributed by atoms with E-state index in [1.54, 1.807) is 0 Å². The minimum Gasteiger partial charge on any atom is -0.502 e. The van der Waals surface area contributed by atoms with Crippen LogP contribution in [0.3, 0.4) is 0 Å². The minimum atomic E-state index is 0.158. The Bertz CT molecular complexity index is 173. The number of hydrogen-bond acceptors (Lipinski definition) is 4. The Morgan fingerprint density at radius 1 is 1.70 bits per heavy atom. The van der Waals surface area contributed by atoms with Crippen molar-refractivity contribution in [1.82, 2.24) is 0 Å². The van der Waals surface area contributed by atoms with E-state index in [0.717, 1.165) is 6.21 Å². The average Bonchev–Trinajstić information content (AvgIpc) is 1.98. The summed E-state index contributed by atoms with van der Waals surface area (Å²) in [6.45, 7) is 0. The first-order chi connectivity index (χ1) is 4.85. The van der Waals surface area contributed by atoms with Crippen molar-refractivity contribution in [3.05, 3.63) is 12.0 Å². The van der Waals surface area contributed by atoms with E-state index in [-0.39, 0.29) is 5.70 Å². The standard InChI is InChI=1S/C6H8N2O2/c1-10-5-6(4-9)8-3-2-7/h2-5,7H,1H3/b6-5+,7-2?,8-3?. The highest BCUT2D eigenvalue weighted by atomic mass is 16.5. The highest BCUT2D eigenvalue weighted by molar-refractivity contribution is 6.15. The van der Waals surface area contributed by atoms with Crippen LogP contribution in [-0.4, -0.2) is 25.8 Å². The van der Waals surface area contributed by atoms with Crippen molar-refractivity contribution < 1.29 is 9.53 Å². The van der Waals surface area contributed by atoms with Gasteiger partial charge < -0.3 is 10.1 Å². The molecule has 0 rings (SSSR count). The normalized spacial score (nSPS) is 11.5. The summed E-state index contributed by atoms with van der Waals surface area (Å²) in [6, 6.07) is 0. The lowest BCUT2D eigenvalue weighted by molar-refractivity contribution is -0.105. The van der Waals surface area contributed by atoms with Gasteiger partial charge in [0.25, 0.3) is 0 Å². The number of allylic oxidation sites excluding steroid dienone is 1. The molecule has 0 aromatic rings. The van der Waals surface area contributed by atoms with Crippen molar-refractivity contribution in [2.45, 2.75) is 0 Å². The highest BCUT2D eigenvalue weighted by Crippen LogP contribution is 1.88. The van der Waals surface area contributed by atoms with Gasteiger partial charge in [0.05, 0.1) is 7.11 Å². The van der Waals surface area contributed by atoms with E-state index < -0.39 is 0 Å². The van der Waals surface area contributed by atoms with Crippen molar-refractivity contribution in [3.63, 3.8) is 0 Å². The maximum Gasteiger partial charge on any atom is 0.171 e. The van der Waals surface area contributed by atoms with Gasteiger partial charge in [-0.1, -0.05) is 0 Å². The molecular formula is C6H8N2O2. The van der Waals surface area contributed by atoms with Crippen LogP contribution in [0.4, 0.5) is 0 Å². The third-order valence-corrected chi connectivity index (χ3v) is 0.657. The van der Waals surface area contributed by atoms with Gasteiger partial charge in [-0.25, -0.2) is 4.99 Å². The molecule has 0 aromatic carbocycles. The number of nitrogens with one attached hydrogen (secondary N) is 1. The molecule has 0 fully saturated rings. The summed E-state index contributed by atoms with van der Waals surface area (Å²) in [5.74, 6) is 0. The molecule has 0 aliphatic heterocycles. The molecule has 0 radical (unpaired) electrons. The Morgan fingerprint density at radius 3 is 2.80 bits per heavy atom. The maximum absolute atomic E-state index is 10.1. The highest BCUT2D eigenvalue weighted by Gasteiger charge is 1.85. The van der Waals surface area contributed by atoms with Crippen molar-refractivity contribution in [3.8, 4) is 0 Å². The van der Waals surface area contributed by atoms with Crippen molar-refractivity contribution in [2.75, 3.05) is 7.11 Å². The van der Waals surface area contributed by atoms with Crippen LogP contribution in [0, 0.1) is 5.41 Å². The smallest absolute Gasteiger partial charge is 0.171 e. The zero-order chi connectivity index (χ0) is 7.82. The molecule has 0 unspecified atom stereocenters. The van der Waals surface area contributed by atoms with E-state index in [4.69, 9.17) is 5.41 Å². The van der Waals surface area contributed by atoms with Crippen LogP contribution in [-0.2, 0) is 9.53 Å². The number of aldehydes is 1. The lowest BCUT2D eigenvalue weighted by atomic mass is 10.5. The SMILES string of the molecule is CO/C=C(\C=O)N=CC=N. The van der Waals surface area contributed by atoms with Gasteiger partial charge in [-0.2, -0.15) is 0 Å². The van der Waals surface area contributed by atoms with Gasteiger partial charge in [0.15, 0.2) is 6.29 Å². The molecule has 0 spiro atoms. The first kappa shape index (κ1) is 8.55. The summed E-state index contributed by atoms with van der Waals surface area (Å²) in [7, 11) is 1.42. The topological polar surface area (TPSA) is 62.5 Å². The number of hydrogen-bond donors (Lipinski definition) is 1. The van der Waals surface area contributed by atoms with Crippen LogP contribution in [0.25, 0.3) is 0 Å². The zero-order valence-corrected chi connectivity index (χ0v) is 5.57. The second kappa shape index (κ2) is 5.68. The number of carbonyl (C=O) groups excluding carboxylic acids is 1. The second-order valence-electron chi connectivity index (χ2n) is 1.34. The number of aliphatic imine (C=N–C) groups is 1. The Morgan fingerprint density at radius 2 is 2.40 bits per heavy atom. The Hall–Kier alpha value is -1.45. The summed E-state index contributed by atoms with van der Waals surface area (Å²) in [6.07, 6.45) is 3.92. The van der Waals surface area contributed by atoms with Crippen LogP contribution in [0.15, 0.2) is 17.0 Å². The first-order valence-electron chi connectivity index (χ1n) is 2.56. The molecule has 4 nitrogen and oxygen atoms in total. The van der Waals surface area contributed by atoms with Gasteiger partial charge in [-0.05, 0) is 0 Å². The molecule has 0 saturated carbocycles. The predicted molar refractivity (Wildman–Crippen MR) is 38.4 cm³/mol. The number of ether oxygens (including phenoxy) is 1. The van der Waals surface area contributed by atoms with Gasteiger partial charge in [-0.15, -0.1) is 0 Å². The Balaban J connectivity index is 4.07. The number of carbonyl (C=O) groups is 1. The van der Waals surface area contributed by atoms with E-state index in [9.17, 15) is 4.79 Å². The monoisotopic (exact) mass is 140 g/mol. The molecule has 0 aliphatic carbocycles. The van der Waals surface area contributed by atoms with Gasteiger partial charge in [-0.3, -0.25) is 4.79 Å². The van der Waals surface area contributed by atoms with Crippen molar-refractivity contribution >= 4 is 18.7 Å². The third kappa shape index (κ3) is 3.54. The van der Waals surface area contributed by atoms with Crippen molar-refractivity contribution in [2.24, 2.45) is 4.99 Å². The Labute approximate surface area is 58.7 Å². The fraction of sp³-hybridized carbons (Fsp3) is 0.167. The summed E-state index contributed by atoms with van der Waals surface area (Å²) in [4.78, 5) is 13.6. The van der Waals surface area contributed by atoms with Crippen LogP contribution in [0.1, 0.15) is 0 Å². The van der Waals surface area contributed by atoms with E-state index >= 15 is 0 Å². The molecule has 0 bridgehead atoms. The first-order valence-corrected chi connectivity index (χ1v) is 2.56. The summed E-state index contributed by atoms with van der Waals surface area (Å²) in [5, 5.41) is 6.55. The van der Waals surface area contributed by atoms with E-state index in [0.29, 0.717) is 6.29 Å². The molecule has 4 heteroatoms. The van der Waals surface area contributed by atoms with Crippen LogP contribution in [0.2, 0.25) is 0 Å². The maximum atomic E-state index is 10.1. The molecule has 0 heterocycles. The molecule has 0 amide bonds. The molecule has 0 saturated heterocycles. The lowest BCUT2D eigenvalue weighted by Crippen LogP contribution is -1.83. The number of rotatable bonds is 4. The third-order valence-electron chi connectivity index (χ3n) is 0.657. The molecule has 10 heavy (non-hydrogen) atoms. The lowest BCUT2D eigenvalue weighted by Gasteiger charge is -1.87. The van der Waals surface area contributed by atoms with E-state index in [2.05, 4.69) is 9.73 Å². The van der Waals surface area contributed by atoms with Gasteiger partial charge in [0.2, 0.25) is 0 Å². The van der Waals surface area contributed by atoms with Crippen molar-refractivity contribution in [1.29, 1.82) is 5.41 Å². The van der Waals surface area contributed by atoms with E-state index in [1.807, 2.05) is 0 Å². The average molecular weight is 140 g/mol. The summed E-state index contributed by atoms with van der Waals surface area (Å²) < 4.78 is 4.51. The minimum absolute atomic E-state index is 0.158. The van der Waals surface area contributed by atoms with Gasteiger partial charge in [0.1, 0.15) is 12.0 Å². The fourth-order valence-electron chi connectivity index (χ4n) is 0.333. The predicted octanol–water partition coefficient (Wildman–Crippen LogP) is 0.393. The molecule has 1 N–H and O–H groups in total. The number of nitrogens with zero attached hydrogens (tertiary/aromatic N) is 1. The zero-order valence-electron chi connectivity index (χ0n) is 5.57. The molecule has 0 aliphatic rings. The summed E-state index contributed by atoms with van der Waals surface area (Å²) in [5.41, 5.74) is 0.158. The molecule has 0 aromatic heterocycles. The number of methoxy groups -OCH3 is 1. The molecular weight excluding hydrogens is 132 g/mol. The van der Waals surface area contributed by atoms with Gasteiger partial charge in [0, 0.05) is 12.4 Å². The van der Waals surface area contributed by atoms with Crippen LogP contribution >= 0.6 is 0 Å². The fourth-order valence-corrected chi connectivity index (χ4v) is 0.333. The molecule has 0 atom stereocenters. The van der Waals surface area contributed by atoms with Crippen LogP contribution < -0.4 is 0 Å². The van der Waals surface area contributed by atoms with E-state index in [1.165, 1.54) is 19.6 Å². The second-order valence-corrected chi connectivity index (χ2v) is 1.34. The summed E-state index contributed by atoms with van der Waals surface area (Å²) >= 11 is 0. The Kier molecular flexibility index (Phi) is 4.86. The quantitative estimate of drug-likeness (QED) is 0.266. The van der Waals surface area contributed by atoms with Crippen LogP contribution in [0.5, 0.6) is 0 Å².